The van der Waals surface area contributed by atoms with Crippen LogP contribution in [0.2, 0.25) is 39.3 Å². The molecule has 0 bridgehead atoms. The topological polar surface area (TPSA) is 166 Å². The molecule has 182 valence electrons. The maximum atomic E-state index is 10.8. The van der Waals surface area contributed by atoms with Crippen LogP contribution in [0, 0.1) is 0 Å². The van der Waals surface area contributed by atoms with Crippen LogP contribution in [0.3, 0.4) is 0 Å². The van der Waals surface area contributed by atoms with Crippen LogP contribution in [0.1, 0.15) is 13.8 Å². The first-order valence-electron chi connectivity index (χ1n) is 9.31. The van der Waals surface area contributed by atoms with E-state index in [1.165, 1.54) is 13.8 Å². The fourth-order valence-corrected chi connectivity index (χ4v) is 19.7. The molecule has 0 spiro atoms. The molecule has 0 aromatic carbocycles. The summed E-state index contributed by atoms with van der Waals surface area (Å²) in [5, 5.41) is 19.5. The van der Waals surface area contributed by atoms with Crippen molar-refractivity contribution in [3.63, 3.8) is 0 Å². The highest BCUT2D eigenvalue weighted by molar-refractivity contribution is 6.86. The van der Waals surface area contributed by atoms with Crippen LogP contribution in [0.4, 0.5) is 0 Å². The van der Waals surface area contributed by atoms with Gasteiger partial charge in [0.25, 0.3) is 0 Å². The molecule has 12 nitrogen and oxygen atoms in total. The summed E-state index contributed by atoms with van der Waals surface area (Å²) < 4.78 is 37.9. The number of aliphatic hydroxyl groups is 2. The van der Waals surface area contributed by atoms with Gasteiger partial charge in [0, 0.05) is 14.2 Å². The lowest BCUT2D eigenvalue weighted by molar-refractivity contribution is -0.0945. The smallest absolute Gasteiger partial charge is 0.416 e. The Morgan fingerprint density at radius 3 is 1.33 bits per heavy atom. The first kappa shape index (κ1) is 30.6. The van der Waals surface area contributed by atoms with Crippen LogP contribution >= 0.6 is 0 Å². The summed E-state index contributed by atoms with van der Waals surface area (Å²) in [6.07, 6.45) is -3.61. The Bertz CT molecular complexity index is 523. The fraction of sp³-hybridized carbons (Fsp3) is 1.00. The summed E-state index contributed by atoms with van der Waals surface area (Å²) in [5.41, 5.74) is 0. The normalized spacial score (nSPS) is 20.9. The number of hydrogen-bond acceptors (Lipinski definition) is 12. The lowest BCUT2D eigenvalue weighted by Crippen LogP contribution is -2.65. The lowest BCUT2D eigenvalue weighted by Gasteiger charge is -2.39. The molecule has 0 saturated heterocycles. The van der Waals surface area contributed by atoms with Crippen molar-refractivity contribution in [3.05, 3.63) is 0 Å². The molecule has 0 radical (unpaired) electrons. The zero-order valence-electron chi connectivity index (χ0n) is 19.3. The van der Waals surface area contributed by atoms with E-state index in [-0.39, 0.29) is 0 Å². The second-order valence-corrected chi connectivity index (χ2v) is 23.1. The Hall–Kier alpha value is 0.604. The minimum atomic E-state index is -4.61. The van der Waals surface area contributed by atoms with Crippen molar-refractivity contribution in [3.8, 4) is 0 Å². The zero-order chi connectivity index (χ0) is 24.2. The molecule has 0 heterocycles. The third kappa shape index (κ3) is 11.5. The molecule has 0 saturated carbocycles. The van der Waals surface area contributed by atoms with Crippen molar-refractivity contribution < 1.29 is 54.3 Å². The van der Waals surface area contributed by atoms with Crippen LogP contribution in [0.5, 0.6) is 0 Å². The average Bonchev–Trinajstić information content (AvgIpc) is 2.47. The quantitative estimate of drug-likeness (QED) is 0.183. The molecule has 0 aliphatic heterocycles. The lowest BCUT2D eigenvalue weighted by atomic mass is 10.1. The predicted octanol–water partition coefficient (Wildman–Crippen LogP) is -0.554. The van der Waals surface area contributed by atoms with Gasteiger partial charge in [0.05, 0.1) is 12.2 Å². The maximum absolute atomic E-state index is 10.8. The van der Waals surface area contributed by atoms with Crippen LogP contribution in [0.15, 0.2) is 0 Å². The molecule has 30 heavy (non-hydrogen) atoms. The van der Waals surface area contributed by atoms with Crippen LogP contribution in [-0.4, -0.2) is 101 Å². The summed E-state index contributed by atoms with van der Waals surface area (Å²) in [6.45, 7) is 12.6. The minimum absolute atomic E-state index is 1.08. The molecule has 17 heteroatoms. The molecular formula is C13H38O12Si5. The summed E-state index contributed by atoms with van der Waals surface area (Å²) in [6, 6.07) is 0. The van der Waals surface area contributed by atoms with E-state index in [9.17, 15) is 24.6 Å². The number of aliphatic hydroxyl groups excluding tert-OH is 2. The fourth-order valence-electron chi connectivity index (χ4n) is 2.70. The Labute approximate surface area is 184 Å². The van der Waals surface area contributed by atoms with E-state index in [1.54, 1.807) is 39.3 Å². The molecular weight excluding hydrogens is 489 g/mol. The first-order valence-corrected chi connectivity index (χ1v) is 21.1. The molecule has 0 rings (SSSR count). The number of hydrogen-bond donors (Lipinski definition) is 5. The van der Waals surface area contributed by atoms with Crippen molar-refractivity contribution in [2.75, 3.05) is 14.2 Å². The van der Waals surface area contributed by atoms with Gasteiger partial charge in [-0.1, -0.05) is 0 Å². The Morgan fingerprint density at radius 2 is 1.00 bits per heavy atom. The molecule has 0 aromatic rings. The molecule has 0 aliphatic carbocycles. The zero-order valence-corrected chi connectivity index (χ0v) is 24.3. The van der Waals surface area contributed by atoms with E-state index in [4.69, 9.17) is 29.7 Å². The SMILES string of the molecule is CO[Si](O)(OC([C@H](C)O)[C@@H](C)O)O[Si](O)(OC)O[Si](C)(C)O[Si](C)(C)O[Si](C)(C)O. The Kier molecular flexibility index (Phi) is 11.4. The minimum Gasteiger partial charge on any atom is -0.416 e. The van der Waals surface area contributed by atoms with Gasteiger partial charge in [0.15, 0.2) is 0 Å². The van der Waals surface area contributed by atoms with E-state index in [0.29, 0.717) is 0 Å². The van der Waals surface area contributed by atoms with Crippen LogP contribution in [0.25, 0.3) is 0 Å². The summed E-state index contributed by atoms with van der Waals surface area (Å²) >= 11 is 0. The van der Waals surface area contributed by atoms with Gasteiger partial charge in [0.1, 0.15) is 6.10 Å². The monoisotopic (exact) mass is 526 g/mol. The summed E-state index contributed by atoms with van der Waals surface area (Å²) in [5.74, 6) is 0. The third-order valence-electron chi connectivity index (χ3n) is 3.37. The van der Waals surface area contributed by atoms with Gasteiger partial charge in [0.2, 0.25) is 0 Å². The first-order chi connectivity index (χ1) is 13.2. The summed E-state index contributed by atoms with van der Waals surface area (Å²) in [7, 11) is -15.9. The van der Waals surface area contributed by atoms with Gasteiger partial charge in [-0.15, -0.1) is 0 Å². The van der Waals surface area contributed by atoms with Crippen molar-refractivity contribution in [2.24, 2.45) is 0 Å². The Morgan fingerprint density at radius 1 is 0.600 bits per heavy atom. The van der Waals surface area contributed by atoms with Gasteiger partial charge >= 0.3 is 43.8 Å². The van der Waals surface area contributed by atoms with E-state index in [0.717, 1.165) is 14.2 Å². The van der Waals surface area contributed by atoms with E-state index < -0.39 is 62.1 Å². The van der Waals surface area contributed by atoms with Gasteiger partial charge in [-0.3, -0.25) is 0 Å². The maximum Gasteiger partial charge on any atom is 0.671 e. The molecule has 3 unspecified atom stereocenters. The summed E-state index contributed by atoms with van der Waals surface area (Å²) in [4.78, 5) is 31.5. The average molecular weight is 527 g/mol. The van der Waals surface area contributed by atoms with Crippen molar-refractivity contribution in [1.82, 2.24) is 0 Å². The predicted molar refractivity (Wildman–Crippen MR) is 117 cm³/mol. The van der Waals surface area contributed by atoms with Gasteiger partial charge < -0.3 is 54.3 Å². The molecule has 0 fully saturated rings. The van der Waals surface area contributed by atoms with E-state index in [1.807, 2.05) is 0 Å². The van der Waals surface area contributed by atoms with Crippen LogP contribution in [-0.2, 0) is 29.7 Å². The van der Waals surface area contributed by atoms with Gasteiger partial charge in [-0.2, -0.15) is 0 Å². The third-order valence-corrected chi connectivity index (χ3v) is 17.9. The molecule has 0 amide bonds. The second kappa shape index (κ2) is 11.2. The van der Waals surface area contributed by atoms with Gasteiger partial charge in [-0.05, 0) is 53.1 Å². The van der Waals surface area contributed by atoms with Crippen molar-refractivity contribution in [1.29, 1.82) is 0 Å². The highest BCUT2D eigenvalue weighted by atomic mass is 28.5. The highest BCUT2D eigenvalue weighted by Gasteiger charge is 2.59. The van der Waals surface area contributed by atoms with E-state index in [2.05, 4.69) is 0 Å². The number of rotatable bonds is 14. The van der Waals surface area contributed by atoms with Crippen molar-refractivity contribution >= 4 is 43.8 Å². The molecule has 0 aliphatic rings. The van der Waals surface area contributed by atoms with Crippen LogP contribution < -0.4 is 0 Å². The Balaban J connectivity index is 5.50. The van der Waals surface area contributed by atoms with E-state index >= 15 is 0 Å². The standard InChI is InChI=1S/C13H38O12Si5/c1-11(14)13(12(2)15)21-29(17,19-3)25-30(18,20-4)24-28(9,10)23-27(7,8)22-26(5,6)16/h11-18H,1-10H3/t11-,12+,13?,29?,30?. The van der Waals surface area contributed by atoms with Crippen molar-refractivity contribution in [2.45, 2.75) is 71.4 Å². The second-order valence-electron chi connectivity index (χ2n) is 8.17. The largest absolute Gasteiger partial charge is 0.671 e. The molecule has 0 aromatic heterocycles. The molecule has 5 N–H and O–H groups in total. The molecule has 5 atom stereocenters. The highest BCUT2D eigenvalue weighted by Crippen LogP contribution is 2.25. The van der Waals surface area contributed by atoms with Gasteiger partial charge in [-0.25, -0.2) is 0 Å².